The second-order valence-electron chi connectivity index (χ2n) is 7.07. The van der Waals surface area contributed by atoms with Crippen molar-refractivity contribution in [3.63, 3.8) is 0 Å². The molecule has 0 aromatic carbocycles. The molecular weight excluding hydrogens is 331 g/mol. The van der Waals surface area contributed by atoms with E-state index in [0.717, 1.165) is 19.3 Å². The van der Waals surface area contributed by atoms with Crippen molar-refractivity contribution in [2.24, 2.45) is 0 Å². The molecule has 0 aromatic rings. The topological polar surface area (TPSA) is 27.7 Å². The fraction of sp³-hybridized carbons (Fsp3) is 1.00. The Labute approximate surface area is 159 Å². The van der Waals surface area contributed by atoms with Gasteiger partial charge in [-0.3, -0.25) is 0 Å². The summed E-state index contributed by atoms with van der Waals surface area (Å²) in [4.78, 5) is 0. The maximum atomic E-state index is 5.54. The standard InChI is InChI=1S/C21H45O3P/c1-7-19(22-4)13-10-16-25(17-11-14-20(8-2)23-5)18-12-15-21(9-3)24-6/h19-21H,7-18H2,1-6H3. The van der Waals surface area contributed by atoms with Crippen LogP contribution in [0.3, 0.4) is 0 Å². The molecule has 0 radical (unpaired) electrons. The van der Waals surface area contributed by atoms with Crippen LogP contribution < -0.4 is 0 Å². The molecule has 0 aliphatic carbocycles. The van der Waals surface area contributed by atoms with E-state index in [2.05, 4.69) is 20.8 Å². The molecule has 0 saturated carbocycles. The number of hydrogen-bond acceptors (Lipinski definition) is 3. The first kappa shape index (κ1) is 25.3. The minimum Gasteiger partial charge on any atom is -0.381 e. The molecule has 0 aliphatic heterocycles. The average molecular weight is 377 g/mol. The Balaban J connectivity index is 4.24. The summed E-state index contributed by atoms with van der Waals surface area (Å²) >= 11 is 0. The third-order valence-electron chi connectivity index (χ3n) is 5.37. The van der Waals surface area contributed by atoms with Gasteiger partial charge in [0.05, 0.1) is 18.3 Å². The van der Waals surface area contributed by atoms with E-state index in [9.17, 15) is 0 Å². The molecule has 0 spiro atoms. The van der Waals surface area contributed by atoms with Crippen molar-refractivity contribution in [2.75, 3.05) is 39.8 Å². The summed E-state index contributed by atoms with van der Waals surface area (Å²) < 4.78 is 16.6. The van der Waals surface area contributed by atoms with Crippen LogP contribution >= 0.6 is 7.92 Å². The van der Waals surface area contributed by atoms with Crippen LogP contribution in [0.2, 0.25) is 0 Å². The van der Waals surface area contributed by atoms with E-state index in [1.807, 2.05) is 21.3 Å². The van der Waals surface area contributed by atoms with Gasteiger partial charge in [-0.1, -0.05) is 20.8 Å². The van der Waals surface area contributed by atoms with E-state index in [-0.39, 0.29) is 7.92 Å². The molecule has 3 unspecified atom stereocenters. The summed E-state index contributed by atoms with van der Waals surface area (Å²) in [6.45, 7) is 6.67. The van der Waals surface area contributed by atoms with Gasteiger partial charge >= 0.3 is 0 Å². The molecule has 4 heteroatoms. The largest absolute Gasteiger partial charge is 0.381 e. The molecule has 0 N–H and O–H groups in total. The normalized spacial score (nSPS) is 16.6. The minimum atomic E-state index is 0.151. The summed E-state index contributed by atoms with van der Waals surface area (Å²) in [5, 5.41) is 0. The van der Waals surface area contributed by atoms with Gasteiger partial charge in [0, 0.05) is 21.3 Å². The molecule has 0 rings (SSSR count). The Morgan fingerprint density at radius 3 is 1.04 bits per heavy atom. The zero-order valence-corrected chi connectivity index (χ0v) is 18.8. The van der Waals surface area contributed by atoms with E-state index in [4.69, 9.17) is 14.2 Å². The molecule has 0 amide bonds. The van der Waals surface area contributed by atoms with E-state index >= 15 is 0 Å². The Kier molecular flexibility index (Phi) is 17.9. The Bertz CT molecular complexity index is 221. The van der Waals surface area contributed by atoms with Gasteiger partial charge in [-0.15, -0.1) is 7.92 Å². The van der Waals surface area contributed by atoms with Crippen molar-refractivity contribution in [1.29, 1.82) is 0 Å². The summed E-state index contributed by atoms with van der Waals surface area (Å²) in [5.74, 6) is 0. The van der Waals surface area contributed by atoms with Crippen LogP contribution in [0.15, 0.2) is 0 Å². The highest BCUT2D eigenvalue weighted by Crippen LogP contribution is 2.39. The minimum absolute atomic E-state index is 0.151. The fourth-order valence-electron chi connectivity index (χ4n) is 3.43. The average Bonchev–Trinajstić information content (AvgIpc) is 2.65. The molecule has 3 atom stereocenters. The van der Waals surface area contributed by atoms with Crippen LogP contribution in [-0.2, 0) is 14.2 Å². The molecule has 0 fully saturated rings. The van der Waals surface area contributed by atoms with Crippen molar-refractivity contribution >= 4 is 7.92 Å². The molecule has 0 bridgehead atoms. The van der Waals surface area contributed by atoms with Crippen molar-refractivity contribution in [3.05, 3.63) is 0 Å². The number of methoxy groups -OCH3 is 3. The Morgan fingerprint density at radius 2 is 0.840 bits per heavy atom. The molecule has 152 valence electrons. The van der Waals surface area contributed by atoms with E-state index in [0.29, 0.717) is 18.3 Å². The smallest absolute Gasteiger partial charge is 0.0568 e. The molecule has 0 heterocycles. The lowest BCUT2D eigenvalue weighted by atomic mass is 10.1. The zero-order valence-electron chi connectivity index (χ0n) is 17.9. The van der Waals surface area contributed by atoms with Crippen LogP contribution in [0.4, 0.5) is 0 Å². The first-order valence-corrected chi connectivity index (χ1v) is 12.3. The third kappa shape index (κ3) is 13.2. The maximum absolute atomic E-state index is 5.54. The molecule has 0 saturated heterocycles. The molecular formula is C21H45O3P. The zero-order chi connectivity index (χ0) is 18.9. The first-order valence-electron chi connectivity index (χ1n) is 10.5. The first-order chi connectivity index (χ1) is 12.1. The lowest BCUT2D eigenvalue weighted by Gasteiger charge is -2.22. The Morgan fingerprint density at radius 1 is 0.560 bits per heavy atom. The van der Waals surface area contributed by atoms with Gasteiger partial charge in [-0.05, 0) is 76.3 Å². The Hall–Kier alpha value is 0.310. The van der Waals surface area contributed by atoms with Gasteiger partial charge in [0.2, 0.25) is 0 Å². The van der Waals surface area contributed by atoms with Crippen LogP contribution in [-0.4, -0.2) is 58.1 Å². The summed E-state index contributed by atoms with van der Waals surface area (Å²) in [7, 11) is 5.70. The summed E-state index contributed by atoms with van der Waals surface area (Å²) in [6, 6.07) is 0. The van der Waals surface area contributed by atoms with Crippen LogP contribution in [0.25, 0.3) is 0 Å². The SMILES string of the molecule is CCC(CCCP(CCCC(CC)OC)CCCC(CC)OC)OC. The fourth-order valence-corrected chi connectivity index (χ4v) is 5.99. The lowest BCUT2D eigenvalue weighted by Crippen LogP contribution is -2.12. The van der Waals surface area contributed by atoms with E-state index in [1.54, 1.807) is 0 Å². The number of rotatable bonds is 18. The van der Waals surface area contributed by atoms with E-state index < -0.39 is 0 Å². The summed E-state index contributed by atoms with van der Waals surface area (Å²) in [6.07, 6.45) is 16.6. The van der Waals surface area contributed by atoms with Crippen LogP contribution in [0.1, 0.15) is 78.6 Å². The van der Waals surface area contributed by atoms with Gasteiger partial charge in [0.25, 0.3) is 0 Å². The second kappa shape index (κ2) is 17.7. The molecule has 3 nitrogen and oxygen atoms in total. The molecule has 25 heavy (non-hydrogen) atoms. The highest BCUT2D eigenvalue weighted by molar-refractivity contribution is 7.57. The highest BCUT2D eigenvalue weighted by atomic mass is 31.1. The van der Waals surface area contributed by atoms with Gasteiger partial charge < -0.3 is 14.2 Å². The predicted molar refractivity (Wildman–Crippen MR) is 112 cm³/mol. The van der Waals surface area contributed by atoms with Gasteiger partial charge in [-0.2, -0.15) is 0 Å². The van der Waals surface area contributed by atoms with Gasteiger partial charge in [-0.25, -0.2) is 0 Å². The third-order valence-corrected chi connectivity index (χ3v) is 8.21. The van der Waals surface area contributed by atoms with Crippen LogP contribution in [0, 0.1) is 0 Å². The number of ether oxygens (including phenoxy) is 3. The quantitative estimate of drug-likeness (QED) is 0.271. The maximum Gasteiger partial charge on any atom is 0.0568 e. The lowest BCUT2D eigenvalue weighted by molar-refractivity contribution is 0.0912. The molecule has 0 aliphatic rings. The second-order valence-corrected chi connectivity index (χ2v) is 9.75. The summed E-state index contributed by atoms with van der Waals surface area (Å²) in [5.41, 5.74) is 0. The van der Waals surface area contributed by atoms with Gasteiger partial charge in [0.15, 0.2) is 0 Å². The van der Waals surface area contributed by atoms with Crippen LogP contribution in [0.5, 0.6) is 0 Å². The van der Waals surface area contributed by atoms with Crippen molar-refractivity contribution in [3.8, 4) is 0 Å². The van der Waals surface area contributed by atoms with Crippen molar-refractivity contribution in [2.45, 2.75) is 96.9 Å². The number of hydrogen-bond donors (Lipinski definition) is 0. The highest BCUT2D eigenvalue weighted by Gasteiger charge is 2.13. The van der Waals surface area contributed by atoms with Gasteiger partial charge in [0.1, 0.15) is 0 Å². The monoisotopic (exact) mass is 376 g/mol. The predicted octanol–water partition coefficient (Wildman–Crippen LogP) is 6.08. The van der Waals surface area contributed by atoms with E-state index in [1.165, 1.54) is 57.0 Å². The van der Waals surface area contributed by atoms with Crippen molar-refractivity contribution in [1.82, 2.24) is 0 Å². The molecule has 0 aromatic heterocycles. The van der Waals surface area contributed by atoms with Crippen molar-refractivity contribution < 1.29 is 14.2 Å².